The minimum absolute atomic E-state index is 0.0793. The van der Waals surface area contributed by atoms with Crippen LogP contribution in [0.4, 0.5) is 0 Å². The number of aryl methyl sites for hydroxylation is 2. The van der Waals surface area contributed by atoms with Crippen LogP contribution in [0.1, 0.15) is 25.5 Å². The maximum Gasteiger partial charge on any atom is 0.322 e. The van der Waals surface area contributed by atoms with Crippen molar-refractivity contribution in [3.05, 3.63) is 18.0 Å². The fourth-order valence-electron chi connectivity index (χ4n) is 2.47. The number of Topliss-reactive ketones (excluding diaryl/α,β-unsaturated/α-hetero) is 1. The standard InChI is InChI=1S/C14H20N2O4/c1-3-20-13(18)14(10-19-9-6-12(14)17)7-4-11-5-8-15-16(11)2/h5,8H,3-4,6-7,9-10H2,1-2H3. The number of ketones is 1. The summed E-state index contributed by atoms with van der Waals surface area (Å²) in [5.74, 6) is -0.545. The van der Waals surface area contributed by atoms with Gasteiger partial charge in [-0.25, -0.2) is 0 Å². The largest absolute Gasteiger partial charge is 0.465 e. The van der Waals surface area contributed by atoms with E-state index in [0.717, 1.165) is 5.69 Å². The molecule has 1 saturated heterocycles. The number of aromatic nitrogens is 2. The molecular weight excluding hydrogens is 260 g/mol. The molecule has 1 fully saturated rings. The summed E-state index contributed by atoms with van der Waals surface area (Å²) in [5, 5.41) is 4.09. The van der Waals surface area contributed by atoms with Gasteiger partial charge in [-0.2, -0.15) is 5.10 Å². The number of ether oxygens (including phenoxy) is 2. The van der Waals surface area contributed by atoms with Crippen LogP contribution >= 0.6 is 0 Å². The normalized spacial score (nSPS) is 22.8. The van der Waals surface area contributed by atoms with Crippen molar-refractivity contribution in [3.63, 3.8) is 0 Å². The Morgan fingerprint density at radius 1 is 1.60 bits per heavy atom. The summed E-state index contributed by atoms with van der Waals surface area (Å²) >= 11 is 0. The highest BCUT2D eigenvalue weighted by molar-refractivity contribution is 6.04. The van der Waals surface area contributed by atoms with E-state index in [1.54, 1.807) is 17.8 Å². The second-order valence-electron chi connectivity index (χ2n) is 4.97. The lowest BCUT2D eigenvalue weighted by atomic mass is 9.77. The quantitative estimate of drug-likeness (QED) is 0.592. The van der Waals surface area contributed by atoms with Crippen LogP contribution in [0.15, 0.2) is 12.3 Å². The highest BCUT2D eigenvalue weighted by atomic mass is 16.5. The van der Waals surface area contributed by atoms with E-state index in [1.165, 1.54) is 0 Å². The van der Waals surface area contributed by atoms with Crippen LogP contribution in [0.5, 0.6) is 0 Å². The Morgan fingerprint density at radius 2 is 2.40 bits per heavy atom. The molecule has 0 spiro atoms. The Hall–Kier alpha value is -1.69. The van der Waals surface area contributed by atoms with Gasteiger partial charge in [-0.3, -0.25) is 14.3 Å². The summed E-state index contributed by atoms with van der Waals surface area (Å²) in [4.78, 5) is 24.5. The zero-order valence-electron chi connectivity index (χ0n) is 11.9. The van der Waals surface area contributed by atoms with E-state index < -0.39 is 11.4 Å². The fourth-order valence-corrected chi connectivity index (χ4v) is 2.47. The first kappa shape index (κ1) is 14.7. The van der Waals surface area contributed by atoms with E-state index in [4.69, 9.17) is 9.47 Å². The van der Waals surface area contributed by atoms with Crippen molar-refractivity contribution >= 4 is 11.8 Å². The topological polar surface area (TPSA) is 70.4 Å². The first-order valence-corrected chi connectivity index (χ1v) is 6.85. The third-order valence-electron chi connectivity index (χ3n) is 3.75. The van der Waals surface area contributed by atoms with E-state index >= 15 is 0 Å². The SMILES string of the molecule is CCOC(=O)C1(CCc2ccnn2C)COCCC1=O. The number of hydrogen-bond donors (Lipinski definition) is 0. The van der Waals surface area contributed by atoms with Gasteiger partial charge in [-0.05, 0) is 25.8 Å². The van der Waals surface area contributed by atoms with Crippen LogP contribution in [0.3, 0.4) is 0 Å². The van der Waals surface area contributed by atoms with Crippen molar-refractivity contribution in [3.8, 4) is 0 Å². The molecule has 6 heteroatoms. The average molecular weight is 280 g/mol. The first-order valence-electron chi connectivity index (χ1n) is 6.85. The van der Waals surface area contributed by atoms with Crippen LogP contribution in [-0.2, 0) is 32.5 Å². The molecule has 20 heavy (non-hydrogen) atoms. The maximum absolute atomic E-state index is 12.3. The van der Waals surface area contributed by atoms with Crippen molar-refractivity contribution in [2.45, 2.75) is 26.2 Å². The van der Waals surface area contributed by atoms with Gasteiger partial charge < -0.3 is 9.47 Å². The van der Waals surface area contributed by atoms with E-state index in [9.17, 15) is 9.59 Å². The zero-order chi connectivity index (χ0) is 14.6. The summed E-state index contributed by atoms with van der Waals surface area (Å²) in [6, 6.07) is 1.88. The molecule has 0 amide bonds. The maximum atomic E-state index is 12.3. The lowest BCUT2D eigenvalue weighted by molar-refractivity contribution is -0.169. The lowest BCUT2D eigenvalue weighted by Gasteiger charge is -2.33. The molecule has 0 aromatic carbocycles. The Labute approximate surface area is 118 Å². The summed E-state index contributed by atoms with van der Waals surface area (Å²) in [6.45, 7) is 2.49. The smallest absolute Gasteiger partial charge is 0.322 e. The zero-order valence-corrected chi connectivity index (χ0v) is 11.9. The molecule has 2 heterocycles. The minimum Gasteiger partial charge on any atom is -0.465 e. The molecule has 1 aliphatic heterocycles. The van der Waals surface area contributed by atoms with Gasteiger partial charge >= 0.3 is 5.97 Å². The predicted octanol–water partition coefficient (Wildman–Crippen LogP) is 0.892. The van der Waals surface area contributed by atoms with Crippen molar-refractivity contribution in [2.75, 3.05) is 19.8 Å². The Morgan fingerprint density at radius 3 is 3.00 bits per heavy atom. The second kappa shape index (κ2) is 6.17. The van der Waals surface area contributed by atoms with Gasteiger partial charge in [0.25, 0.3) is 0 Å². The molecule has 0 aliphatic carbocycles. The second-order valence-corrected chi connectivity index (χ2v) is 4.97. The van der Waals surface area contributed by atoms with Gasteiger partial charge in [0.15, 0.2) is 5.78 Å². The molecule has 0 saturated carbocycles. The van der Waals surface area contributed by atoms with Gasteiger partial charge in [0.1, 0.15) is 5.41 Å². The summed E-state index contributed by atoms with van der Waals surface area (Å²) in [7, 11) is 1.84. The molecule has 2 rings (SSSR count). The monoisotopic (exact) mass is 280 g/mol. The number of nitrogens with zero attached hydrogens (tertiary/aromatic N) is 2. The van der Waals surface area contributed by atoms with Gasteiger partial charge in [-0.15, -0.1) is 0 Å². The first-order chi connectivity index (χ1) is 9.60. The highest BCUT2D eigenvalue weighted by Crippen LogP contribution is 2.32. The highest BCUT2D eigenvalue weighted by Gasteiger charge is 2.48. The van der Waals surface area contributed by atoms with Crippen LogP contribution < -0.4 is 0 Å². The molecule has 1 atom stereocenters. The van der Waals surface area contributed by atoms with Gasteiger partial charge in [0, 0.05) is 25.4 Å². The molecule has 1 aromatic rings. The van der Waals surface area contributed by atoms with E-state index in [0.29, 0.717) is 19.4 Å². The fraction of sp³-hybridized carbons (Fsp3) is 0.643. The minimum atomic E-state index is -1.15. The van der Waals surface area contributed by atoms with Crippen molar-refractivity contribution in [1.82, 2.24) is 9.78 Å². The molecule has 6 nitrogen and oxygen atoms in total. The number of carbonyl (C=O) groups excluding carboxylic acids is 2. The van der Waals surface area contributed by atoms with Gasteiger partial charge in [0.2, 0.25) is 0 Å². The van der Waals surface area contributed by atoms with Gasteiger partial charge in [0.05, 0.1) is 19.8 Å². The Bertz CT molecular complexity index is 497. The van der Waals surface area contributed by atoms with E-state index in [2.05, 4.69) is 5.10 Å². The molecule has 1 unspecified atom stereocenters. The number of carbonyl (C=O) groups is 2. The number of rotatable bonds is 5. The molecule has 0 bridgehead atoms. The Balaban J connectivity index is 2.16. The number of esters is 1. The van der Waals surface area contributed by atoms with Crippen molar-refractivity contribution < 1.29 is 19.1 Å². The summed E-state index contributed by atoms with van der Waals surface area (Å²) < 4.78 is 12.2. The number of hydrogen-bond acceptors (Lipinski definition) is 5. The summed E-state index contributed by atoms with van der Waals surface area (Å²) in [5.41, 5.74) is -0.175. The lowest BCUT2D eigenvalue weighted by Crippen LogP contribution is -2.48. The van der Waals surface area contributed by atoms with Crippen molar-refractivity contribution in [2.24, 2.45) is 12.5 Å². The third kappa shape index (κ3) is 2.75. The Kier molecular flexibility index (Phi) is 4.54. The third-order valence-corrected chi connectivity index (χ3v) is 3.75. The van der Waals surface area contributed by atoms with Crippen LogP contribution in [0, 0.1) is 5.41 Å². The average Bonchev–Trinajstić information content (AvgIpc) is 2.84. The van der Waals surface area contributed by atoms with Crippen LogP contribution in [0.2, 0.25) is 0 Å². The predicted molar refractivity (Wildman–Crippen MR) is 71.0 cm³/mol. The molecule has 0 N–H and O–H groups in total. The molecule has 0 radical (unpaired) electrons. The molecule has 1 aromatic heterocycles. The van der Waals surface area contributed by atoms with Crippen LogP contribution in [0.25, 0.3) is 0 Å². The van der Waals surface area contributed by atoms with Crippen LogP contribution in [-0.4, -0.2) is 41.4 Å². The van der Waals surface area contributed by atoms with Crippen molar-refractivity contribution in [1.29, 1.82) is 0 Å². The summed E-state index contributed by atoms with van der Waals surface area (Å²) in [6.07, 6.45) is 2.95. The van der Waals surface area contributed by atoms with E-state index in [1.807, 2.05) is 13.1 Å². The van der Waals surface area contributed by atoms with Gasteiger partial charge in [-0.1, -0.05) is 0 Å². The molecule has 110 valence electrons. The molecule has 1 aliphatic rings. The van der Waals surface area contributed by atoms with E-state index in [-0.39, 0.29) is 25.4 Å². The molecular formula is C14H20N2O4.